The van der Waals surface area contributed by atoms with Crippen LogP contribution in [-0.2, 0) is 66.8 Å². The first kappa shape index (κ1) is 53.9. The van der Waals surface area contributed by atoms with Gasteiger partial charge in [-0.05, 0) is 6.92 Å². The molecule has 0 saturated carbocycles. The summed E-state index contributed by atoms with van der Waals surface area (Å²) in [7, 11) is -5.29. The Balaban J connectivity index is 1.41. The van der Waals surface area contributed by atoms with Gasteiger partial charge in [0, 0.05) is 13.8 Å². The van der Waals surface area contributed by atoms with Crippen molar-refractivity contribution < 1.29 is 136 Å². The molecule has 5 fully saturated rings. The van der Waals surface area contributed by atoms with Crippen molar-refractivity contribution in [1.29, 1.82) is 0 Å². The van der Waals surface area contributed by atoms with E-state index in [1.54, 1.807) is 0 Å². The van der Waals surface area contributed by atoms with Crippen LogP contribution in [0.15, 0.2) is 0 Å². The summed E-state index contributed by atoms with van der Waals surface area (Å²) in [5.41, 5.74) is 0. The van der Waals surface area contributed by atoms with E-state index in [4.69, 9.17) is 42.6 Å². The van der Waals surface area contributed by atoms with Gasteiger partial charge in [-0.2, -0.15) is 8.42 Å². The van der Waals surface area contributed by atoms with Crippen LogP contribution in [0.5, 0.6) is 0 Å². The minimum atomic E-state index is -5.29. The van der Waals surface area contributed by atoms with Crippen LogP contribution in [0.25, 0.3) is 0 Å². The van der Waals surface area contributed by atoms with Crippen LogP contribution in [0.3, 0.4) is 0 Å². The van der Waals surface area contributed by atoms with Gasteiger partial charge in [-0.1, -0.05) is 0 Å². The standard InChI is InChI=1S/C34H58N2O28S/c1-8-17(41)22(46)25(49)32(57-8)64-29-24(48)19(43)12(5-38)60-34(29)62-27-14(7-56-65(52,53)54)61-31(15(21(27)45)35-9(2)39)55-6-13-20(44)28(16(30(51)58-13)36-10(3)40)63-33-26(50)23(47)18(42)11(4-37)59-33/h8,11-34,37-38,41-51H,4-7H2,1-3H3,(H,35,39)(H,36,40)(H,52,53,54)/t8-,11+,12+,13+,14+,15+,16+,17+,18-,19-,20-,21+,22+,23-,24-,25-,26+,27+,28+,29+,30+,31+,32-,33-,34-/m0/s1. The largest absolute Gasteiger partial charge is 0.397 e. The molecule has 5 heterocycles. The number of carbonyl (C=O) groups excluding carboxylic acids is 2. The van der Waals surface area contributed by atoms with Gasteiger partial charge in [0.05, 0.1) is 32.5 Å². The average Bonchev–Trinajstić information content (AvgIpc) is 3.24. The second-order valence-corrected chi connectivity index (χ2v) is 17.1. The molecule has 5 aliphatic heterocycles. The van der Waals surface area contributed by atoms with E-state index in [0.29, 0.717) is 0 Å². The smallest absolute Gasteiger partial charge is 0.394 e. The molecule has 31 heteroatoms. The third kappa shape index (κ3) is 12.6. The van der Waals surface area contributed by atoms with Gasteiger partial charge in [0.15, 0.2) is 31.5 Å². The third-order valence-corrected chi connectivity index (χ3v) is 11.7. The zero-order valence-electron chi connectivity index (χ0n) is 34.6. The maximum absolute atomic E-state index is 12.5. The summed E-state index contributed by atoms with van der Waals surface area (Å²) in [6.45, 7) is -0.636. The summed E-state index contributed by atoms with van der Waals surface area (Å²) in [4.78, 5) is 24.6. The number of hydrogen-bond acceptors (Lipinski definition) is 27. The number of carbonyl (C=O) groups is 2. The lowest BCUT2D eigenvalue weighted by Gasteiger charge is -2.49. The highest BCUT2D eigenvalue weighted by molar-refractivity contribution is 7.80. The van der Waals surface area contributed by atoms with Gasteiger partial charge in [-0.15, -0.1) is 0 Å². The van der Waals surface area contributed by atoms with Crippen molar-refractivity contribution in [2.45, 2.75) is 174 Å². The van der Waals surface area contributed by atoms with Gasteiger partial charge in [-0.25, -0.2) is 4.18 Å². The lowest BCUT2D eigenvalue weighted by atomic mass is 9.94. The molecule has 25 atom stereocenters. The number of aliphatic hydroxyl groups excluding tert-OH is 13. The van der Waals surface area contributed by atoms with Crippen LogP contribution in [0.1, 0.15) is 20.8 Å². The summed E-state index contributed by atoms with van der Waals surface area (Å²) in [6, 6.07) is -3.40. The van der Waals surface area contributed by atoms with Crippen molar-refractivity contribution in [1.82, 2.24) is 10.6 Å². The van der Waals surface area contributed by atoms with E-state index in [0.717, 1.165) is 13.8 Å². The molecule has 0 spiro atoms. The fourth-order valence-corrected chi connectivity index (χ4v) is 8.10. The highest BCUT2D eigenvalue weighted by atomic mass is 32.3. The van der Waals surface area contributed by atoms with Crippen LogP contribution >= 0.6 is 0 Å². The molecule has 5 aliphatic rings. The lowest BCUT2D eigenvalue weighted by Crippen LogP contribution is -2.69. The lowest BCUT2D eigenvalue weighted by molar-refractivity contribution is -0.383. The number of hydrogen-bond donors (Lipinski definition) is 16. The second kappa shape index (κ2) is 22.6. The van der Waals surface area contributed by atoms with Crippen molar-refractivity contribution in [2.75, 3.05) is 26.4 Å². The molecule has 5 saturated heterocycles. The molecule has 65 heavy (non-hydrogen) atoms. The molecule has 0 aromatic heterocycles. The van der Waals surface area contributed by atoms with Gasteiger partial charge in [0.1, 0.15) is 116 Å². The van der Waals surface area contributed by atoms with Gasteiger partial charge in [0.25, 0.3) is 0 Å². The maximum Gasteiger partial charge on any atom is 0.397 e. The number of ether oxygens (including phenoxy) is 9. The summed E-state index contributed by atoms with van der Waals surface area (Å²) in [6.07, 6.45) is -42.8. The number of aliphatic hydroxyl groups is 13. The minimum Gasteiger partial charge on any atom is -0.394 e. The molecule has 0 aromatic carbocycles. The number of rotatable bonds is 16. The SMILES string of the molecule is CC(=O)N[C@@H]1[C@@H](O[C@@H]2O[C@H](CO)[C@H](O)[C@H](O)[C@H]2O)[C@@H](O)[C@@H](CO[C@@H]2O[C@H](COS(=O)(=O)O)[C@@H](O[C@@H]3O[C@H](CO)[C@H](O)[C@H](O)[C@H]3O[C@@H]3O[C@@H](C)[C@@H](O)[C@@H](O)[C@@H]3O)[C@H](O)[C@H]2NC(C)=O)O[C@H]1O. The second-order valence-electron chi connectivity index (χ2n) is 16.0. The number of nitrogens with one attached hydrogen (secondary N) is 2. The summed E-state index contributed by atoms with van der Waals surface area (Å²) >= 11 is 0. The van der Waals surface area contributed by atoms with Crippen LogP contribution in [0, 0.1) is 0 Å². The van der Waals surface area contributed by atoms with E-state index in [1.165, 1.54) is 6.92 Å². The molecule has 0 aliphatic carbocycles. The van der Waals surface area contributed by atoms with Crippen molar-refractivity contribution in [3.8, 4) is 0 Å². The fourth-order valence-electron chi connectivity index (χ4n) is 7.80. The van der Waals surface area contributed by atoms with Gasteiger partial charge < -0.3 is 120 Å². The molecule has 5 rings (SSSR count). The Kier molecular flexibility index (Phi) is 18.7. The highest BCUT2D eigenvalue weighted by Gasteiger charge is 2.56. The van der Waals surface area contributed by atoms with Crippen LogP contribution in [0.2, 0.25) is 0 Å². The van der Waals surface area contributed by atoms with Gasteiger partial charge >= 0.3 is 10.4 Å². The molecule has 0 radical (unpaired) electrons. The Bertz CT molecular complexity index is 1670. The Hall–Kier alpha value is -2.07. The van der Waals surface area contributed by atoms with E-state index < -0.39 is 202 Å². The zero-order valence-corrected chi connectivity index (χ0v) is 35.5. The molecule has 30 nitrogen and oxygen atoms in total. The Morgan fingerprint density at radius 3 is 1.57 bits per heavy atom. The predicted octanol–water partition coefficient (Wildman–Crippen LogP) is -10.8. The van der Waals surface area contributed by atoms with E-state index in [9.17, 15) is 88.9 Å². The Morgan fingerprint density at radius 1 is 0.508 bits per heavy atom. The van der Waals surface area contributed by atoms with Crippen LogP contribution in [0.4, 0.5) is 0 Å². The summed E-state index contributed by atoms with van der Waals surface area (Å²) < 4.78 is 88.3. The molecule has 2 amide bonds. The molecular weight excluding hydrogens is 916 g/mol. The molecule has 0 bridgehead atoms. The van der Waals surface area contributed by atoms with Crippen LogP contribution < -0.4 is 10.6 Å². The summed E-state index contributed by atoms with van der Waals surface area (Å²) in [5, 5.41) is 142. The topological polar surface area (TPSA) is 468 Å². The van der Waals surface area contributed by atoms with Crippen LogP contribution in [-0.4, -0.2) is 271 Å². The minimum absolute atomic E-state index is 0.776. The van der Waals surface area contributed by atoms with Gasteiger partial charge in [0.2, 0.25) is 11.8 Å². The van der Waals surface area contributed by atoms with E-state index in [2.05, 4.69) is 14.8 Å². The van der Waals surface area contributed by atoms with E-state index in [-0.39, 0.29) is 0 Å². The maximum atomic E-state index is 12.5. The monoisotopic (exact) mass is 974 g/mol. The third-order valence-electron chi connectivity index (χ3n) is 11.3. The quantitative estimate of drug-likeness (QED) is 0.0639. The number of amides is 2. The Labute approximate surface area is 368 Å². The molecule has 378 valence electrons. The molecule has 0 aromatic rings. The van der Waals surface area contributed by atoms with Crippen molar-refractivity contribution in [3.63, 3.8) is 0 Å². The van der Waals surface area contributed by atoms with E-state index in [1.807, 2.05) is 0 Å². The van der Waals surface area contributed by atoms with E-state index >= 15 is 0 Å². The predicted molar refractivity (Wildman–Crippen MR) is 199 cm³/mol. The zero-order chi connectivity index (χ0) is 48.4. The van der Waals surface area contributed by atoms with Gasteiger partial charge in [-0.3, -0.25) is 14.1 Å². The van der Waals surface area contributed by atoms with Crippen molar-refractivity contribution >= 4 is 22.2 Å². The normalized spacial score (nSPS) is 47.5. The molecule has 0 unspecified atom stereocenters. The Morgan fingerprint density at radius 2 is 1.00 bits per heavy atom. The summed E-state index contributed by atoms with van der Waals surface area (Å²) in [5.74, 6) is -1.64. The first-order valence-electron chi connectivity index (χ1n) is 20.1. The average molecular weight is 975 g/mol. The first-order valence-corrected chi connectivity index (χ1v) is 21.5. The first-order chi connectivity index (χ1) is 30.4. The van der Waals surface area contributed by atoms with Crippen molar-refractivity contribution in [3.05, 3.63) is 0 Å². The molecular formula is C34H58N2O28S. The van der Waals surface area contributed by atoms with Crippen molar-refractivity contribution in [2.24, 2.45) is 0 Å². The molecule has 16 N–H and O–H groups in total. The highest BCUT2D eigenvalue weighted by Crippen LogP contribution is 2.35. The fraction of sp³-hybridized carbons (Fsp3) is 0.941.